The molecule has 1 N–H and O–H groups in total. The lowest BCUT2D eigenvalue weighted by Crippen LogP contribution is -2.41. The predicted octanol–water partition coefficient (Wildman–Crippen LogP) is 2.83. The van der Waals surface area contributed by atoms with E-state index in [2.05, 4.69) is 29.2 Å². The zero-order chi connectivity index (χ0) is 18.6. The van der Waals surface area contributed by atoms with E-state index in [0.717, 1.165) is 41.7 Å². The molecular weight excluding hydrogens is 342 g/mol. The highest BCUT2D eigenvalue weighted by molar-refractivity contribution is 5.86. The van der Waals surface area contributed by atoms with Gasteiger partial charge in [-0.05, 0) is 31.5 Å². The van der Waals surface area contributed by atoms with Crippen LogP contribution in [0.25, 0.3) is 22.2 Å². The van der Waals surface area contributed by atoms with Crippen LogP contribution >= 0.6 is 0 Å². The number of fused-ring (bicyclic) bond motifs is 1. The van der Waals surface area contributed by atoms with Crippen LogP contribution in [0.4, 0.5) is 0 Å². The number of ether oxygens (including phenoxy) is 2. The first-order chi connectivity index (χ1) is 13.2. The molecule has 142 valence electrons. The lowest BCUT2D eigenvalue weighted by atomic mass is 10.1. The van der Waals surface area contributed by atoms with E-state index < -0.39 is 0 Å². The molecule has 0 amide bonds. The Morgan fingerprint density at radius 2 is 2.37 bits per heavy atom. The second kappa shape index (κ2) is 8.02. The molecule has 2 atom stereocenters. The number of nitrogens with zero attached hydrogens (tertiary/aromatic N) is 4. The summed E-state index contributed by atoms with van der Waals surface area (Å²) in [5.74, 6) is 0.584. The summed E-state index contributed by atoms with van der Waals surface area (Å²) >= 11 is 0. The zero-order valence-corrected chi connectivity index (χ0v) is 15.8. The summed E-state index contributed by atoms with van der Waals surface area (Å²) < 4.78 is 13.8. The van der Waals surface area contributed by atoms with Crippen molar-refractivity contribution in [3.05, 3.63) is 36.8 Å². The van der Waals surface area contributed by atoms with Crippen LogP contribution in [0.3, 0.4) is 0 Å². The van der Waals surface area contributed by atoms with Crippen LogP contribution < -0.4 is 10.1 Å². The molecule has 4 heterocycles. The number of aromatic nitrogens is 4. The van der Waals surface area contributed by atoms with Gasteiger partial charge >= 0.3 is 0 Å². The van der Waals surface area contributed by atoms with Crippen molar-refractivity contribution in [3.63, 3.8) is 0 Å². The van der Waals surface area contributed by atoms with Crippen LogP contribution in [-0.2, 0) is 4.74 Å². The molecule has 0 bridgehead atoms. The molecule has 3 aromatic rings. The Morgan fingerprint density at radius 3 is 3.19 bits per heavy atom. The van der Waals surface area contributed by atoms with Crippen LogP contribution in [0.15, 0.2) is 36.8 Å². The summed E-state index contributed by atoms with van der Waals surface area (Å²) in [5, 5.41) is 8.70. The predicted molar refractivity (Wildman–Crippen MR) is 104 cm³/mol. The van der Waals surface area contributed by atoms with Gasteiger partial charge in [0, 0.05) is 37.1 Å². The molecule has 1 fully saturated rings. The van der Waals surface area contributed by atoms with Crippen molar-refractivity contribution in [2.45, 2.75) is 32.4 Å². The molecule has 1 aliphatic rings. The van der Waals surface area contributed by atoms with Crippen molar-refractivity contribution >= 4 is 10.9 Å². The molecule has 0 unspecified atom stereocenters. The fraction of sp³-hybridized carbons (Fsp3) is 0.450. The van der Waals surface area contributed by atoms with Gasteiger partial charge in [-0.3, -0.25) is 9.67 Å². The fourth-order valence-electron chi connectivity index (χ4n) is 3.10. The summed E-state index contributed by atoms with van der Waals surface area (Å²) in [6.07, 6.45) is 6.72. The van der Waals surface area contributed by atoms with Gasteiger partial charge in [0.1, 0.15) is 12.7 Å². The maximum Gasteiger partial charge on any atom is 0.223 e. The van der Waals surface area contributed by atoms with Crippen LogP contribution in [0, 0.1) is 0 Å². The quantitative estimate of drug-likeness (QED) is 0.722. The Morgan fingerprint density at radius 1 is 1.44 bits per heavy atom. The van der Waals surface area contributed by atoms with Gasteiger partial charge in [0.15, 0.2) is 0 Å². The van der Waals surface area contributed by atoms with E-state index >= 15 is 0 Å². The summed E-state index contributed by atoms with van der Waals surface area (Å²) in [6, 6.07) is 6.22. The van der Waals surface area contributed by atoms with Gasteiger partial charge in [-0.1, -0.05) is 6.92 Å². The van der Waals surface area contributed by atoms with Crippen LogP contribution in [0.2, 0.25) is 0 Å². The van der Waals surface area contributed by atoms with Crippen LogP contribution in [0.1, 0.15) is 26.3 Å². The van der Waals surface area contributed by atoms with Crippen molar-refractivity contribution in [2.24, 2.45) is 0 Å². The molecule has 1 aliphatic heterocycles. The van der Waals surface area contributed by atoms with Gasteiger partial charge in [-0.15, -0.1) is 0 Å². The monoisotopic (exact) mass is 367 g/mol. The zero-order valence-electron chi connectivity index (χ0n) is 15.8. The van der Waals surface area contributed by atoms with E-state index in [4.69, 9.17) is 14.5 Å². The van der Waals surface area contributed by atoms with E-state index in [9.17, 15) is 0 Å². The summed E-state index contributed by atoms with van der Waals surface area (Å²) in [4.78, 5) is 9.25. The molecule has 0 aromatic carbocycles. The molecule has 0 aliphatic carbocycles. The Bertz CT molecular complexity index is 904. The minimum atomic E-state index is 0.0316. The van der Waals surface area contributed by atoms with Crippen molar-refractivity contribution in [3.8, 4) is 17.1 Å². The smallest absolute Gasteiger partial charge is 0.223 e. The molecular formula is C20H25N5O2. The SMILES string of the molecule is CC[C@@H](C)n1cc(-c2cc3ncccc3c(OC[C@@H]3CNCCO3)n2)cn1. The van der Waals surface area contributed by atoms with E-state index in [1.165, 1.54) is 0 Å². The van der Waals surface area contributed by atoms with Crippen LogP contribution in [-0.4, -0.2) is 52.2 Å². The fourth-order valence-corrected chi connectivity index (χ4v) is 3.10. The number of hydrogen-bond donors (Lipinski definition) is 1. The Balaban J connectivity index is 1.64. The second-order valence-electron chi connectivity index (χ2n) is 6.86. The van der Waals surface area contributed by atoms with Gasteiger partial charge in [0.25, 0.3) is 0 Å². The number of nitrogens with one attached hydrogen (secondary N) is 1. The Labute approximate surface area is 158 Å². The maximum absolute atomic E-state index is 6.05. The van der Waals surface area contributed by atoms with Crippen LogP contribution in [0.5, 0.6) is 5.88 Å². The summed E-state index contributed by atoms with van der Waals surface area (Å²) in [6.45, 7) is 7.14. The first-order valence-electron chi connectivity index (χ1n) is 9.50. The average molecular weight is 367 g/mol. The average Bonchev–Trinajstić information content (AvgIpc) is 3.22. The molecule has 0 saturated carbocycles. The topological polar surface area (TPSA) is 74.1 Å². The highest BCUT2D eigenvalue weighted by Gasteiger charge is 2.17. The normalized spacial score (nSPS) is 18.5. The third-order valence-electron chi connectivity index (χ3n) is 4.91. The molecule has 4 rings (SSSR count). The minimum Gasteiger partial charge on any atom is -0.474 e. The molecule has 0 radical (unpaired) electrons. The van der Waals surface area contributed by atoms with Crippen molar-refractivity contribution < 1.29 is 9.47 Å². The number of pyridine rings is 2. The van der Waals surface area contributed by atoms with E-state index in [1.807, 2.05) is 35.3 Å². The molecule has 1 saturated heterocycles. The summed E-state index contributed by atoms with van der Waals surface area (Å²) in [5.41, 5.74) is 2.63. The highest BCUT2D eigenvalue weighted by atomic mass is 16.5. The van der Waals surface area contributed by atoms with E-state index in [1.54, 1.807) is 6.20 Å². The molecule has 7 nitrogen and oxygen atoms in total. The largest absolute Gasteiger partial charge is 0.474 e. The lowest BCUT2D eigenvalue weighted by molar-refractivity contribution is -0.000365. The second-order valence-corrected chi connectivity index (χ2v) is 6.86. The minimum absolute atomic E-state index is 0.0316. The Kier molecular flexibility index (Phi) is 5.31. The van der Waals surface area contributed by atoms with Gasteiger partial charge in [0.05, 0.1) is 29.4 Å². The summed E-state index contributed by atoms with van der Waals surface area (Å²) in [7, 11) is 0. The number of morpholine rings is 1. The number of rotatable bonds is 6. The Hall–Kier alpha value is -2.51. The molecule has 0 spiro atoms. The molecule has 3 aromatic heterocycles. The third-order valence-corrected chi connectivity index (χ3v) is 4.91. The van der Waals surface area contributed by atoms with Crippen molar-refractivity contribution in [1.82, 2.24) is 25.1 Å². The lowest BCUT2D eigenvalue weighted by Gasteiger charge is -2.23. The molecule has 7 heteroatoms. The van der Waals surface area contributed by atoms with E-state index in [-0.39, 0.29) is 6.10 Å². The molecule has 27 heavy (non-hydrogen) atoms. The van der Waals surface area contributed by atoms with Gasteiger partial charge in [-0.2, -0.15) is 5.10 Å². The van der Waals surface area contributed by atoms with Crippen molar-refractivity contribution in [1.29, 1.82) is 0 Å². The number of hydrogen-bond acceptors (Lipinski definition) is 6. The van der Waals surface area contributed by atoms with E-state index in [0.29, 0.717) is 25.1 Å². The van der Waals surface area contributed by atoms with Gasteiger partial charge in [0.2, 0.25) is 5.88 Å². The first kappa shape index (κ1) is 17.9. The van der Waals surface area contributed by atoms with Gasteiger partial charge < -0.3 is 14.8 Å². The first-order valence-corrected chi connectivity index (χ1v) is 9.50. The maximum atomic E-state index is 6.05. The van der Waals surface area contributed by atoms with Crippen molar-refractivity contribution in [2.75, 3.05) is 26.3 Å². The highest BCUT2D eigenvalue weighted by Crippen LogP contribution is 2.28. The standard InChI is InChI=1S/C20H25N5O2/c1-3-14(2)25-12-15(10-23-25)18-9-19-17(5-4-6-22-19)20(24-18)27-13-16-11-21-7-8-26-16/h4-6,9-10,12,14,16,21H,3,7-8,11,13H2,1-2H3/t14-,16+/m1/s1. The third kappa shape index (κ3) is 3.94. The van der Waals surface area contributed by atoms with Gasteiger partial charge in [-0.25, -0.2) is 4.98 Å².